The van der Waals surface area contributed by atoms with E-state index in [2.05, 4.69) is 5.32 Å². The van der Waals surface area contributed by atoms with Crippen LogP contribution in [0.3, 0.4) is 0 Å². The van der Waals surface area contributed by atoms with E-state index in [1.807, 2.05) is 4.90 Å². The topological polar surface area (TPSA) is 69.7 Å². The van der Waals surface area contributed by atoms with Crippen LogP contribution in [-0.4, -0.2) is 44.8 Å². The second kappa shape index (κ2) is 9.51. The molecule has 0 radical (unpaired) electrons. The summed E-state index contributed by atoms with van der Waals surface area (Å²) in [4.78, 5) is 14.8. The molecule has 0 atom stereocenters. The lowest BCUT2D eigenvalue weighted by atomic mass is 10.1. The highest BCUT2D eigenvalue weighted by atomic mass is 35.5. The highest BCUT2D eigenvalue weighted by molar-refractivity contribution is 7.89. The lowest BCUT2D eigenvalue weighted by Gasteiger charge is -2.35. The van der Waals surface area contributed by atoms with Gasteiger partial charge in [-0.05, 0) is 67.1 Å². The van der Waals surface area contributed by atoms with Crippen molar-refractivity contribution in [2.24, 2.45) is 0 Å². The third kappa shape index (κ3) is 5.03. The summed E-state index contributed by atoms with van der Waals surface area (Å²) in [6.45, 7) is 3.35. The molecule has 1 fully saturated rings. The van der Waals surface area contributed by atoms with Crippen molar-refractivity contribution in [1.82, 2.24) is 4.31 Å². The Morgan fingerprint density at radius 3 is 2.33 bits per heavy atom. The van der Waals surface area contributed by atoms with Gasteiger partial charge in [-0.3, -0.25) is 4.79 Å². The van der Waals surface area contributed by atoms with E-state index in [0.29, 0.717) is 23.8 Å². The lowest BCUT2D eigenvalue weighted by Crippen LogP contribution is -2.48. The fraction of sp³-hybridized carbons (Fsp3) is 0.208. The van der Waals surface area contributed by atoms with E-state index in [1.54, 1.807) is 49.4 Å². The Kier molecular flexibility index (Phi) is 6.69. The number of nitrogens with one attached hydrogen (secondary N) is 1. The molecule has 1 saturated heterocycles. The molecule has 0 bridgehead atoms. The summed E-state index contributed by atoms with van der Waals surface area (Å²) in [5, 5.41) is 3.32. The van der Waals surface area contributed by atoms with Crippen LogP contribution < -0.4 is 10.2 Å². The van der Waals surface area contributed by atoms with Crippen molar-refractivity contribution >= 4 is 38.9 Å². The van der Waals surface area contributed by atoms with Crippen molar-refractivity contribution in [3.8, 4) is 0 Å². The summed E-state index contributed by atoms with van der Waals surface area (Å²) in [6, 6.07) is 17.3. The zero-order chi connectivity index (χ0) is 23.6. The van der Waals surface area contributed by atoms with E-state index < -0.39 is 15.9 Å². The molecule has 1 aliphatic rings. The van der Waals surface area contributed by atoms with Crippen molar-refractivity contribution in [2.45, 2.75) is 11.8 Å². The second-order valence-corrected chi connectivity index (χ2v) is 10.1. The Morgan fingerprint density at radius 2 is 1.64 bits per heavy atom. The zero-order valence-electron chi connectivity index (χ0n) is 18.0. The molecule has 3 aromatic rings. The molecule has 0 aliphatic carbocycles. The van der Waals surface area contributed by atoms with Crippen LogP contribution in [0.15, 0.2) is 71.6 Å². The first kappa shape index (κ1) is 23.2. The summed E-state index contributed by atoms with van der Waals surface area (Å²) >= 11 is 6.11. The van der Waals surface area contributed by atoms with Crippen molar-refractivity contribution in [1.29, 1.82) is 0 Å². The number of hydrogen-bond acceptors (Lipinski definition) is 4. The van der Waals surface area contributed by atoms with Gasteiger partial charge in [-0.15, -0.1) is 0 Å². The molecular weight excluding hydrogens is 465 g/mol. The maximum absolute atomic E-state index is 13.2. The minimum absolute atomic E-state index is 0.0631. The summed E-state index contributed by atoms with van der Waals surface area (Å²) in [5.41, 5.74) is 2.39. The number of hydrogen-bond donors (Lipinski definition) is 1. The van der Waals surface area contributed by atoms with Gasteiger partial charge in [0.25, 0.3) is 5.91 Å². The molecule has 0 saturated carbocycles. The zero-order valence-corrected chi connectivity index (χ0v) is 19.5. The molecule has 1 N–H and O–H groups in total. The van der Waals surface area contributed by atoms with E-state index in [-0.39, 0.29) is 29.4 Å². The quantitative estimate of drug-likeness (QED) is 0.573. The van der Waals surface area contributed by atoms with Gasteiger partial charge < -0.3 is 10.2 Å². The number of amides is 1. The highest BCUT2D eigenvalue weighted by Gasteiger charge is 2.29. The largest absolute Gasteiger partial charge is 0.369 e. The normalized spacial score (nSPS) is 14.8. The predicted octanol–water partition coefficient (Wildman–Crippen LogP) is 4.55. The molecule has 1 aliphatic heterocycles. The minimum Gasteiger partial charge on any atom is -0.369 e. The van der Waals surface area contributed by atoms with Crippen LogP contribution >= 0.6 is 11.6 Å². The standard InChI is InChI=1S/C24H23ClFN3O3S/c1-17-22(25)6-3-7-23(17)27-24(30)18-4-2-5-21(16-18)33(31,32)29-14-12-28(13-15-29)20-10-8-19(26)9-11-20/h2-11,16H,12-15H2,1H3,(H,27,30). The maximum atomic E-state index is 13.2. The first-order valence-electron chi connectivity index (χ1n) is 10.4. The molecule has 172 valence electrons. The number of rotatable bonds is 5. The minimum atomic E-state index is -3.77. The molecule has 6 nitrogen and oxygen atoms in total. The van der Waals surface area contributed by atoms with Crippen LogP contribution in [0.5, 0.6) is 0 Å². The molecule has 0 aromatic heterocycles. The number of carbonyl (C=O) groups excluding carboxylic acids is 1. The van der Waals surface area contributed by atoms with Gasteiger partial charge >= 0.3 is 0 Å². The van der Waals surface area contributed by atoms with Gasteiger partial charge in [0.15, 0.2) is 0 Å². The van der Waals surface area contributed by atoms with E-state index in [0.717, 1.165) is 11.3 Å². The molecule has 33 heavy (non-hydrogen) atoms. The van der Waals surface area contributed by atoms with Gasteiger partial charge in [0.05, 0.1) is 4.90 Å². The maximum Gasteiger partial charge on any atom is 0.255 e. The summed E-state index contributed by atoms with van der Waals surface area (Å²) in [7, 11) is -3.77. The van der Waals surface area contributed by atoms with E-state index in [9.17, 15) is 17.6 Å². The molecule has 3 aromatic carbocycles. The third-order valence-electron chi connectivity index (χ3n) is 5.68. The van der Waals surface area contributed by atoms with Gasteiger partial charge in [-0.1, -0.05) is 23.7 Å². The van der Waals surface area contributed by atoms with Gasteiger partial charge in [0.2, 0.25) is 10.0 Å². The SMILES string of the molecule is Cc1c(Cl)cccc1NC(=O)c1cccc(S(=O)(=O)N2CCN(c3ccc(F)cc3)CC2)c1. The average molecular weight is 488 g/mol. The lowest BCUT2D eigenvalue weighted by molar-refractivity contribution is 0.102. The first-order valence-corrected chi connectivity index (χ1v) is 12.2. The third-order valence-corrected chi connectivity index (χ3v) is 7.98. The van der Waals surface area contributed by atoms with Crippen LogP contribution in [0.1, 0.15) is 15.9 Å². The smallest absolute Gasteiger partial charge is 0.255 e. The van der Waals surface area contributed by atoms with Gasteiger partial charge in [0, 0.05) is 48.1 Å². The van der Waals surface area contributed by atoms with Crippen molar-refractivity contribution in [3.05, 3.63) is 88.7 Å². The molecule has 4 rings (SSSR count). The summed E-state index contributed by atoms with van der Waals surface area (Å²) < 4.78 is 41.0. The van der Waals surface area contributed by atoms with Gasteiger partial charge in [-0.2, -0.15) is 4.31 Å². The second-order valence-electron chi connectivity index (χ2n) is 7.76. The molecule has 0 unspecified atom stereocenters. The number of halogens is 2. The van der Waals surface area contributed by atoms with E-state index >= 15 is 0 Å². The molecule has 9 heteroatoms. The number of anilines is 2. The molecule has 1 amide bonds. The molecule has 0 spiro atoms. The highest BCUT2D eigenvalue weighted by Crippen LogP contribution is 2.25. The Hall–Kier alpha value is -2.94. The van der Waals surface area contributed by atoms with Crippen LogP contribution in [0, 0.1) is 12.7 Å². The van der Waals surface area contributed by atoms with Crippen molar-refractivity contribution < 1.29 is 17.6 Å². The number of sulfonamides is 1. The van der Waals surface area contributed by atoms with Crippen molar-refractivity contribution in [3.63, 3.8) is 0 Å². The van der Waals surface area contributed by atoms with Crippen molar-refractivity contribution in [2.75, 3.05) is 36.4 Å². The van der Waals surface area contributed by atoms with Crippen LogP contribution in [0.2, 0.25) is 5.02 Å². The van der Waals surface area contributed by atoms with Crippen LogP contribution in [0.4, 0.5) is 15.8 Å². The predicted molar refractivity (Wildman–Crippen MR) is 128 cm³/mol. The Labute approximate surface area is 197 Å². The number of piperazine rings is 1. The fourth-order valence-corrected chi connectivity index (χ4v) is 5.37. The first-order chi connectivity index (χ1) is 15.8. The van der Waals surface area contributed by atoms with Crippen LogP contribution in [-0.2, 0) is 10.0 Å². The molecule has 1 heterocycles. The Morgan fingerprint density at radius 1 is 0.970 bits per heavy atom. The van der Waals surface area contributed by atoms with E-state index in [4.69, 9.17) is 11.6 Å². The number of benzene rings is 3. The van der Waals surface area contributed by atoms with Gasteiger partial charge in [-0.25, -0.2) is 12.8 Å². The summed E-state index contributed by atoms with van der Waals surface area (Å²) in [5.74, 6) is -0.729. The van der Waals surface area contributed by atoms with E-state index in [1.165, 1.54) is 28.6 Å². The van der Waals surface area contributed by atoms with Crippen LogP contribution in [0.25, 0.3) is 0 Å². The number of carbonyl (C=O) groups is 1. The fourth-order valence-electron chi connectivity index (χ4n) is 3.72. The number of nitrogens with zero attached hydrogens (tertiary/aromatic N) is 2. The summed E-state index contributed by atoms with van der Waals surface area (Å²) in [6.07, 6.45) is 0. The Balaban J connectivity index is 1.47. The average Bonchev–Trinajstić information content (AvgIpc) is 2.82. The molecular formula is C24H23ClFN3O3S. The van der Waals surface area contributed by atoms with Gasteiger partial charge in [0.1, 0.15) is 5.82 Å². The Bertz CT molecular complexity index is 1270. The monoisotopic (exact) mass is 487 g/mol.